The molecule has 6 nitrogen and oxygen atoms in total. The largest absolute Gasteiger partial charge is 0.497 e. The van der Waals surface area contributed by atoms with Crippen molar-refractivity contribution in [1.82, 2.24) is 14.4 Å². The third kappa shape index (κ3) is 3.80. The fraction of sp³-hybridized carbons (Fsp3) is 0.526. The lowest BCUT2D eigenvalue weighted by molar-refractivity contribution is 0.0726. The van der Waals surface area contributed by atoms with Crippen LogP contribution in [0, 0.1) is 5.92 Å². The molecule has 1 saturated heterocycles. The Morgan fingerprint density at radius 2 is 2.16 bits per heavy atom. The summed E-state index contributed by atoms with van der Waals surface area (Å²) >= 11 is 0. The molecule has 1 aliphatic heterocycles. The maximum absolute atomic E-state index is 13.1. The van der Waals surface area contributed by atoms with Gasteiger partial charge >= 0.3 is 0 Å². The molecular weight excluding hydrogens is 318 g/mol. The van der Waals surface area contributed by atoms with Crippen LogP contribution in [0.1, 0.15) is 10.5 Å². The molecule has 1 aromatic carbocycles. The van der Waals surface area contributed by atoms with Gasteiger partial charge in [0.2, 0.25) is 0 Å². The number of hydrogen-bond donors (Lipinski definition) is 0. The van der Waals surface area contributed by atoms with Gasteiger partial charge in [0.05, 0.1) is 25.8 Å². The summed E-state index contributed by atoms with van der Waals surface area (Å²) in [4.78, 5) is 17.2. The van der Waals surface area contributed by atoms with Crippen molar-refractivity contribution in [3.63, 3.8) is 0 Å². The van der Waals surface area contributed by atoms with Crippen LogP contribution in [0.4, 0.5) is 0 Å². The molecule has 2 aromatic rings. The van der Waals surface area contributed by atoms with E-state index >= 15 is 0 Å². The number of fused-ring (bicyclic) bond motifs is 1. The zero-order chi connectivity index (χ0) is 18.0. The highest BCUT2D eigenvalue weighted by Crippen LogP contribution is 2.25. The summed E-state index contributed by atoms with van der Waals surface area (Å²) in [5, 5.41) is 1.04. The molecule has 1 aliphatic rings. The molecule has 0 spiro atoms. The van der Waals surface area contributed by atoms with Crippen LogP contribution in [0.25, 0.3) is 10.9 Å². The topological polar surface area (TPSA) is 46.9 Å². The Balaban J connectivity index is 1.86. The molecule has 0 N–H and O–H groups in total. The predicted molar refractivity (Wildman–Crippen MR) is 98.2 cm³/mol. The Morgan fingerprint density at radius 3 is 2.88 bits per heavy atom. The molecular formula is C19H27N3O3. The van der Waals surface area contributed by atoms with Crippen LogP contribution in [0.15, 0.2) is 24.3 Å². The molecule has 3 rings (SSSR count). The SMILES string of the molecule is COc1ccc2cc(C(=O)N3CCOC[C@H](CN(C)C)C3)n(C)c2c1. The van der Waals surface area contributed by atoms with E-state index in [4.69, 9.17) is 9.47 Å². The van der Waals surface area contributed by atoms with E-state index in [0.29, 0.717) is 31.4 Å². The third-order valence-corrected chi connectivity index (χ3v) is 4.72. The second kappa shape index (κ2) is 7.45. The van der Waals surface area contributed by atoms with Crippen LogP contribution >= 0.6 is 0 Å². The van der Waals surface area contributed by atoms with Crippen molar-refractivity contribution in [2.45, 2.75) is 0 Å². The van der Waals surface area contributed by atoms with Crippen LogP contribution in [-0.4, -0.2) is 74.3 Å². The van der Waals surface area contributed by atoms with Crippen LogP contribution in [0.5, 0.6) is 5.75 Å². The predicted octanol–water partition coefficient (Wildman–Crippen LogP) is 1.84. The molecule has 1 atom stereocenters. The van der Waals surface area contributed by atoms with Gasteiger partial charge in [-0.05, 0) is 32.3 Å². The van der Waals surface area contributed by atoms with E-state index in [9.17, 15) is 4.79 Å². The van der Waals surface area contributed by atoms with Gasteiger partial charge in [-0.15, -0.1) is 0 Å². The first kappa shape index (κ1) is 17.8. The van der Waals surface area contributed by atoms with Gasteiger partial charge in [0.15, 0.2) is 0 Å². The molecule has 136 valence electrons. The quantitative estimate of drug-likeness (QED) is 0.848. The van der Waals surface area contributed by atoms with E-state index in [2.05, 4.69) is 4.90 Å². The monoisotopic (exact) mass is 345 g/mol. The number of aromatic nitrogens is 1. The van der Waals surface area contributed by atoms with Crippen LogP contribution in [0.3, 0.4) is 0 Å². The first-order chi connectivity index (χ1) is 12.0. The number of aryl methyl sites for hydroxylation is 1. The van der Waals surface area contributed by atoms with Crippen molar-refractivity contribution >= 4 is 16.8 Å². The second-order valence-electron chi connectivity index (χ2n) is 6.97. The van der Waals surface area contributed by atoms with E-state index in [1.807, 2.05) is 54.9 Å². The van der Waals surface area contributed by atoms with Crippen LogP contribution in [0.2, 0.25) is 0 Å². The fourth-order valence-electron chi connectivity index (χ4n) is 3.50. The molecule has 1 amide bonds. The highest BCUT2D eigenvalue weighted by molar-refractivity contribution is 5.99. The van der Waals surface area contributed by atoms with Gasteiger partial charge in [-0.2, -0.15) is 0 Å². The zero-order valence-electron chi connectivity index (χ0n) is 15.5. The van der Waals surface area contributed by atoms with Crippen molar-refractivity contribution in [2.75, 3.05) is 54.1 Å². The molecule has 0 saturated carbocycles. The summed E-state index contributed by atoms with van der Waals surface area (Å²) in [7, 11) is 7.68. The summed E-state index contributed by atoms with van der Waals surface area (Å²) in [6.45, 7) is 3.56. The van der Waals surface area contributed by atoms with Crippen molar-refractivity contribution in [3.8, 4) is 5.75 Å². The standard InChI is InChI=1S/C19H27N3O3/c1-20(2)11-14-12-22(7-8-25-13-14)19(23)18-9-15-5-6-16(24-4)10-17(15)21(18)3/h5-6,9-10,14H,7-8,11-13H2,1-4H3/t14-/m1/s1. The molecule has 0 aliphatic carbocycles. The Kier molecular flexibility index (Phi) is 5.30. The number of hydrogen-bond acceptors (Lipinski definition) is 4. The molecule has 0 unspecified atom stereocenters. The summed E-state index contributed by atoms with van der Waals surface area (Å²) in [5.41, 5.74) is 1.70. The van der Waals surface area contributed by atoms with Gasteiger partial charge in [0.1, 0.15) is 11.4 Å². The lowest BCUT2D eigenvalue weighted by Crippen LogP contribution is -2.39. The van der Waals surface area contributed by atoms with Gasteiger partial charge in [-0.1, -0.05) is 0 Å². The number of methoxy groups -OCH3 is 1. The number of nitrogens with zero attached hydrogens (tertiary/aromatic N) is 3. The lowest BCUT2D eigenvalue weighted by atomic mass is 10.1. The van der Waals surface area contributed by atoms with Crippen molar-refractivity contribution in [2.24, 2.45) is 13.0 Å². The van der Waals surface area contributed by atoms with Crippen LogP contribution in [-0.2, 0) is 11.8 Å². The maximum Gasteiger partial charge on any atom is 0.270 e. The number of carbonyl (C=O) groups excluding carboxylic acids is 1. The summed E-state index contributed by atoms with van der Waals surface area (Å²) in [6.07, 6.45) is 0. The van der Waals surface area contributed by atoms with E-state index < -0.39 is 0 Å². The van der Waals surface area contributed by atoms with Crippen molar-refractivity contribution in [1.29, 1.82) is 0 Å². The van der Waals surface area contributed by atoms with Crippen molar-refractivity contribution < 1.29 is 14.3 Å². The Morgan fingerprint density at radius 1 is 1.36 bits per heavy atom. The van der Waals surface area contributed by atoms with Gasteiger partial charge in [0, 0.05) is 44.1 Å². The molecule has 0 radical (unpaired) electrons. The summed E-state index contributed by atoms with van der Waals surface area (Å²) in [6, 6.07) is 7.84. The summed E-state index contributed by atoms with van der Waals surface area (Å²) < 4.78 is 13.0. The second-order valence-corrected chi connectivity index (χ2v) is 6.97. The smallest absolute Gasteiger partial charge is 0.270 e. The number of rotatable bonds is 4. The minimum atomic E-state index is 0.0620. The highest BCUT2D eigenvalue weighted by Gasteiger charge is 2.26. The van der Waals surface area contributed by atoms with Crippen molar-refractivity contribution in [3.05, 3.63) is 30.0 Å². The fourth-order valence-corrected chi connectivity index (χ4v) is 3.50. The lowest BCUT2D eigenvalue weighted by Gasteiger charge is -2.25. The van der Waals surface area contributed by atoms with E-state index in [-0.39, 0.29) is 5.91 Å². The average molecular weight is 345 g/mol. The van der Waals surface area contributed by atoms with Gasteiger partial charge < -0.3 is 23.8 Å². The Hall–Kier alpha value is -2.05. The number of benzene rings is 1. The third-order valence-electron chi connectivity index (χ3n) is 4.72. The zero-order valence-corrected chi connectivity index (χ0v) is 15.5. The molecule has 1 aromatic heterocycles. The van der Waals surface area contributed by atoms with Crippen LogP contribution < -0.4 is 4.74 Å². The maximum atomic E-state index is 13.1. The van der Waals surface area contributed by atoms with E-state index in [0.717, 1.165) is 29.7 Å². The van der Waals surface area contributed by atoms with Gasteiger partial charge in [0.25, 0.3) is 5.91 Å². The minimum absolute atomic E-state index is 0.0620. The Bertz CT molecular complexity index is 754. The average Bonchev–Trinajstić information content (AvgIpc) is 2.76. The van der Waals surface area contributed by atoms with Gasteiger partial charge in [-0.25, -0.2) is 0 Å². The van der Waals surface area contributed by atoms with E-state index in [1.54, 1.807) is 7.11 Å². The molecule has 1 fully saturated rings. The first-order valence-corrected chi connectivity index (χ1v) is 8.65. The first-order valence-electron chi connectivity index (χ1n) is 8.65. The van der Waals surface area contributed by atoms with Gasteiger partial charge in [-0.3, -0.25) is 4.79 Å². The normalized spacial score (nSPS) is 18.6. The molecule has 2 heterocycles. The van der Waals surface area contributed by atoms with E-state index in [1.165, 1.54) is 0 Å². The number of ether oxygens (including phenoxy) is 2. The molecule has 25 heavy (non-hydrogen) atoms. The number of amides is 1. The number of carbonyl (C=O) groups is 1. The summed E-state index contributed by atoms with van der Waals surface area (Å²) in [5.74, 6) is 1.19. The molecule has 0 bridgehead atoms. The highest BCUT2D eigenvalue weighted by atomic mass is 16.5. The minimum Gasteiger partial charge on any atom is -0.497 e. The Labute approximate surface area is 148 Å². The molecule has 6 heteroatoms.